The third-order valence-corrected chi connectivity index (χ3v) is 26.3. The van der Waals surface area contributed by atoms with Gasteiger partial charge in [-0.05, 0) is 262 Å². The molecule has 2 aromatic heterocycles. The number of nitrogens with zero attached hydrogens (tertiary/aromatic N) is 22. The molecule has 750 valence electrons. The quantitative estimate of drug-likeness (QED) is 0.00734. The SMILES string of the molecule is COc1cc(N=Nc2ccc(N=Nc3ccc(S(=O)(=O)O)cc3)cc2S(=O)(=O)O)ccc1Nc1nc(NCCCNc2nc(Nc3ccc(N=Nc4ccc(N=Nc5ccc(S(=O)(=O)O)cc5)cc4S(=O)(=O)O)c(C)c3)nc(Nc3ccc(N=Nc4ccc(N=Nc5ccc(S(=O)(=O)O)cc5)cc4S(=O)(=O)O)cc3OC)n2)nc(Nc2ccc(N=Nc3ccc(N=Nc4ccc(S(=O)(=O)O)cc4)cc3S(=O)O)c(C)c2)n1. The molecule has 14 N–H and O–H groups in total. The summed E-state index contributed by atoms with van der Waals surface area (Å²) >= 11 is -2.61. The van der Waals surface area contributed by atoms with Gasteiger partial charge >= 0.3 is 0 Å². The Morgan fingerprint density at radius 3 is 0.801 bits per heavy atom. The van der Waals surface area contributed by atoms with E-state index in [1.807, 2.05) is 0 Å². The van der Waals surface area contributed by atoms with Gasteiger partial charge in [0.1, 0.15) is 48.9 Å². The van der Waals surface area contributed by atoms with E-state index < -0.39 is 111 Å². The smallest absolute Gasteiger partial charge is 0.296 e. The first-order valence-electron chi connectivity index (χ1n) is 41.1. The maximum atomic E-state index is 12.7. The van der Waals surface area contributed by atoms with Crippen molar-refractivity contribution in [1.29, 1.82) is 0 Å². The molecule has 0 aliphatic rings. The first-order chi connectivity index (χ1) is 69.2. The van der Waals surface area contributed by atoms with Crippen LogP contribution in [0.2, 0.25) is 0 Å². The van der Waals surface area contributed by atoms with Crippen LogP contribution in [0, 0.1) is 13.8 Å². The number of anilines is 10. The summed E-state index contributed by atoms with van der Waals surface area (Å²) in [6.45, 7) is 3.59. The van der Waals surface area contributed by atoms with Crippen LogP contribution in [0.3, 0.4) is 0 Å². The highest BCUT2D eigenvalue weighted by atomic mass is 32.2. The van der Waals surface area contributed by atoms with Gasteiger partial charge in [0.25, 0.3) is 70.8 Å². The number of nitrogens with one attached hydrogen (secondary N) is 6. The highest BCUT2D eigenvalue weighted by molar-refractivity contribution is 7.87. The summed E-state index contributed by atoms with van der Waals surface area (Å²) in [5.41, 5.74) is 2.47. The molecule has 14 aromatic rings. The fraction of sp³-hybridized carbons (Fsp3) is 0.0824. The number of benzene rings is 12. The first-order valence-corrected chi connectivity index (χ1v) is 52.3. The third kappa shape index (κ3) is 28.9. The molecule has 0 spiro atoms. The van der Waals surface area contributed by atoms with Crippen LogP contribution in [0.15, 0.2) is 364 Å². The van der Waals surface area contributed by atoms with E-state index in [1.165, 1.54) is 160 Å². The van der Waals surface area contributed by atoms with E-state index in [1.54, 1.807) is 44.2 Å². The molecule has 0 fully saturated rings. The molecular weight excluding hydrogens is 2070 g/mol. The van der Waals surface area contributed by atoms with Crippen LogP contribution in [0.5, 0.6) is 11.5 Å². The van der Waals surface area contributed by atoms with Crippen molar-refractivity contribution in [2.75, 3.05) is 59.2 Å². The summed E-state index contributed by atoms with van der Waals surface area (Å²) in [5.74, 6) is -0.103. The Kier molecular flexibility index (Phi) is 32.3. The molecule has 61 heteroatoms. The number of hydrogen-bond acceptors (Lipinski definition) is 45. The monoisotopic (exact) mass is 2140 g/mol. The zero-order valence-electron chi connectivity index (χ0n) is 74.8. The van der Waals surface area contributed by atoms with E-state index in [0.717, 1.165) is 66.7 Å². The van der Waals surface area contributed by atoms with Gasteiger partial charge in [-0.15, -0.1) is 20.5 Å². The van der Waals surface area contributed by atoms with Crippen LogP contribution >= 0.6 is 0 Å². The van der Waals surface area contributed by atoms with Crippen LogP contribution in [-0.4, -0.2) is 157 Å². The fourth-order valence-electron chi connectivity index (χ4n) is 12.5. The van der Waals surface area contributed by atoms with E-state index in [2.05, 4.69) is 144 Å². The largest absolute Gasteiger partial charge is 0.494 e. The minimum atomic E-state index is -4.99. The van der Waals surface area contributed by atoms with Crippen molar-refractivity contribution >= 4 is 231 Å². The van der Waals surface area contributed by atoms with Gasteiger partial charge in [0.2, 0.25) is 35.7 Å². The standard InChI is InChI=1S/C85H72N28O25S8/c1-48-40-54(14-30-66(48)108-110-70-34-18-58(44-76(70)139(114)115)102-98-50-6-22-62(23-7-50)140(116,117)118)88-82-92-80(94-84(96-82)90-68-32-16-56(42-74(68)137-3)106-111-71-35-19-59(45-77(71)144(128,129)130)103-99-51-8-24-63(25-9-51)141(119,120)121)86-38-5-39-87-81-93-83(89-55-15-31-67(49(2)41-55)109-113-73-37-21-61(47-79(73)146(134,135)136)105-101-53-12-28-65(29-13-53)143(125,126)127)97-85(95-81)91-69-33-17-57(43-75(69)138-4)107-112-72-36-20-60(46-78(72)145(131,132)133)104-100-52-10-26-64(27-11-52)142(122,123)124/h6-37,40-47H,5,38-39H2,1-4H3,(H,114,115)(H,116,117,118)(H,119,120,121)(H,122,123,124)(H,125,126,127)(H,128,129,130)(H,131,132,133)(H,134,135,136)(H3,86,88,90,92,94,96)(H3,87,89,91,93,95,97). The van der Waals surface area contributed by atoms with Crippen molar-refractivity contribution in [3.63, 3.8) is 0 Å². The number of hydrogen-bond donors (Lipinski definition) is 14. The minimum Gasteiger partial charge on any atom is -0.494 e. The fourth-order valence-corrected chi connectivity index (χ4v) is 16.9. The van der Waals surface area contributed by atoms with Crippen molar-refractivity contribution < 1.29 is 109 Å². The number of aromatic nitrogens is 6. The number of methoxy groups -OCH3 is 2. The molecule has 0 aliphatic heterocycles. The lowest BCUT2D eigenvalue weighted by atomic mass is 10.2. The average molecular weight is 2140 g/mol. The second-order valence-corrected chi connectivity index (χ2v) is 40.6. The third-order valence-electron chi connectivity index (χ3n) is 19.5. The van der Waals surface area contributed by atoms with Crippen molar-refractivity contribution in [1.82, 2.24) is 29.9 Å². The summed E-state index contributed by atoms with van der Waals surface area (Å²) < 4.78 is 271. The Balaban J connectivity index is 0.725. The van der Waals surface area contributed by atoms with Gasteiger partial charge in [0, 0.05) is 36.6 Å². The van der Waals surface area contributed by atoms with E-state index in [0.29, 0.717) is 28.2 Å². The lowest BCUT2D eigenvalue weighted by Crippen LogP contribution is -2.15. The predicted octanol–water partition coefficient (Wildman–Crippen LogP) is 21.2. The molecular formula is C85H72N28O25S8. The Morgan fingerprint density at radius 2 is 0.507 bits per heavy atom. The van der Waals surface area contributed by atoms with Crippen LogP contribution in [0.25, 0.3) is 0 Å². The zero-order chi connectivity index (χ0) is 105. The van der Waals surface area contributed by atoms with Gasteiger partial charge in [0.15, 0.2) is 11.1 Å². The maximum Gasteiger partial charge on any atom is 0.296 e. The van der Waals surface area contributed by atoms with Crippen LogP contribution < -0.4 is 41.4 Å². The molecule has 146 heavy (non-hydrogen) atoms. The highest BCUT2D eigenvalue weighted by Crippen LogP contribution is 2.42. The molecule has 0 radical (unpaired) electrons. The summed E-state index contributed by atoms with van der Waals surface area (Å²) in [6.07, 6.45) is 0.260. The molecule has 0 saturated carbocycles. The molecule has 1 unspecified atom stereocenters. The molecule has 0 aliphatic carbocycles. The van der Waals surface area contributed by atoms with Gasteiger partial charge < -0.3 is 45.9 Å². The number of azo groups is 8. The Morgan fingerprint density at radius 1 is 0.267 bits per heavy atom. The summed E-state index contributed by atoms with van der Waals surface area (Å²) in [4.78, 5) is 24.0. The molecule has 0 bridgehead atoms. The van der Waals surface area contributed by atoms with Gasteiger partial charge in [-0.3, -0.25) is 31.9 Å². The highest BCUT2D eigenvalue weighted by Gasteiger charge is 2.25. The second kappa shape index (κ2) is 44.9. The van der Waals surface area contributed by atoms with Crippen molar-refractivity contribution in [2.45, 2.75) is 59.4 Å². The first kappa shape index (κ1) is 105. The number of aryl methyl sites for hydroxylation is 2. The number of ether oxygens (including phenoxy) is 2. The van der Waals surface area contributed by atoms with Crippen LogP contribution in [-0.2, 0) is 81.9 Å². The molecule has 1 atom stereocenters. The van der Waals surface area contributed by atoms with E-state index in [4.69, 9.17) is 9.47 Å². The Labute approximate surface area is 830 Å². The number of rotatable bonds is 40. The maximum absolute atomic E-state index is 12.7. The lowest BCUT2D eigenvalue weighted by molar-refractivity contribution is 0.417. The summed E-state index contributed by atoms with van der Waals surface area (Å²) in [6, 6.07) is 51.5. The van der Waals surface area contributed by atoms with Gasteiger partial charge in [-0.2, -0.15) is 150 Å². The molecule has 2 heterocycles. The van der Waals surface area contributed by atoms with E-state index >= 15 is 0 Å². The second-order valence-electron chi connectivity index (χ2n) is 29.8. The molecule has 0 saturated heterocycles. The summed E-state index contributed by atoms with van der Waals surface area (Å²) in [5, 5.41) is 84.4. The van der Waals surface area contributed by atoms with Crippen molar-refractivity contribution in [2.24, 2.45) is 81.8 Å². The molecule has 14 rings (SSSR count). The normalized spacial score (nSPS) is 12.8. The van der Waals surface area contributed by atoms with Gasteiger partial charge in [-0.1, -0.05) is 0 Å². The van der Waals surface area contributed by atoms with E-state index in [-0.39, 0.29) is 173 Å². The average Bonchev–Trinajstić information content (AvgIpc) is 0.809. The Hall–Kier alpha value is -16.7. The lowest BCUT2D eigenvalue weighted by Gasteiger charge is -2.14. The van der Waals surface area contributed by atoms with Crippen LogP contribution in [0.1, 0.15) is 17.5 Å². The topological polar surface area (TPSA) is 784 Å². The van der Waals surface area contributed by atoms with Gasteiger partial charge in [-0.25, -0.2) is 4.21 Å². The summed E-state index contributed by atoms with van der Waals surface area (Å²) in [7, 11) is -30.3. The van der Waals surface area contributed by atoms with Crippen molar-refractivity contribution in [3.8, 4) is 11.5 Å². The van der Waals surface area contributed by atoms with Crippen molar-refractivity contribution in [3.05, 3.63) is 254 Å². The minimum absolute atomic E-state index is 0.00710. The van der Waals surface area contributed by atoms with Crippen LogP contribution in [0.4, 0.5) is 149 Å². The molecule has 53 nitrogen and oxygen atoms in total. The predicted molar refractivity (Wildman–Crippen MR) is 525 cm³/mol. The zero-order valence-corrected chi connectivity index (χ0v) is 81.4. The van der Waals surface area contributed by atoms with Gasteiger partial charge in [0.05, 0.1) is 118 Å². The Bertz CT molecular complexity index is 8590. The molecule has 0 amide bonds. The molecule has 12 aromatic carbocycles. The van der Waals surface area contributed by atoms with E-state index in [9.17, 15) is 99.6 Å².